The first kappa shape index (κ1) is 13.1. The number of halogens is 1. The number of hydrogen-bond donors (Lipinski definition) is 0. The first-order chi connectivity index (χ1) is 11.2. The number of imidazole rings is 1. The van der Waals surface area contributed by atoms with Crippen molar-refractivity contribution in [2.24, 2.45) is 0 Å². The highest BCUT2D eigenvalue weighted by molar-refractivity contribution is 9.10. The number of ether oxygens (including phenoxy) is 1. The molecule has 3 nitrogen and oxygen atoms in total. The molecule has 2 aromatic carbocycles. The van der Waals surface area contributed by atoms with Crippen LogP contribution in [-0.4, -0.2) is 9.38 Å². The van der Waals surface area contributed by atoms with Gasteiger partial charge in [-0.1, -0.05) is 40.2 Å². The topological polar surface area (TPSA) is 26.5 Å². The van der Waals surface area contributed by atoms with Gasteiger partial charge in [0.25, 0.3) is 0 Å². The SMILES string of the molecule is Cc1cc2ccccc2c2nc3c(n12)Cc1cc(Br)ccc1O3. The van der Waals surface area contributed by atoms with Gasteiger partial charge in [-0.2, -0.15) is 4.98 Å². The lowest BCUT2D eigenvalue weighted by Crippen LogP contribution is -2.05. The zero-order valence-corrected chi connectivity index (χ0v) is 14.1. The Balaban J connectivity index is 1.84. The fourth-order valence-corrected chi connectivity index (χ4v) is 3.83. The van der Waals surface area contributed by atoms with Crippen molar-refractivity contribution in [2.75, 3.05) is 0 Å². The average Bonchev–Trinajstić information content (AvgIpc) is 2.92. The molecule has 0 spiro atoms. The van der Waals surface area contributed by atoms with Crippen molar-refractivity contribution in [1.29, 1.82) is 0 Å². The molecule has 0 saturated carbocycles. The first-order valence-electron chi connectivity index (χ1n) is 7.57. The Labute approximate surface area is 141 Å². The van der Waals surface area contributed by atoms with E-state index in [1.807, 2.05) is 12.1 Å². The molecule has 1 aliphatic rings. The minimum Gasteiger partial charge on any atom is -0.437 e. The Hall–Kier alpha value is -2.33. The number of benzene rings is 2. The van der Waals surface area contributed by atoms with Crippen molar-refractivity contribution >= 4 is 32.3 Å². The smallest absolute Gasteiger partial charge is 0.241 e. The quantitative estimate of drug-likeness (QED) is 0.374. The van der Waals surface area contributed by atoms with Gasteiger partial charge in [-0.3, -0.25) is 4.40 Å². The van der Waals surface area contributed by atoms with E-state index in [1.54, 1.807) is 0 Å². The van der Waals surface area contributed by atoms with E-state index in [9.17, 15) is 0 Å². The third kappa shape index (κ3) is 1.85. The monoisotopic (exact) mass is 364 g/mol. The van der Waals surface area contributed by atoms with Crippen LogP contribution in [0, 0.1) is 6.92 Å². The number of aromatic nitrogens is 2. The largest absolute Gasteiger partial charge is 0.437 e. The van der Waals surface area contributed by atoms with Gasteiger partial charge < -0.3 is 4.74 Å². The molecule has 0 bridgehead atoms. The van der Waals surface area contributed by atoms with Crippen molar-refractivity contribution in [3.05, 3.63) is 70.0 Å². The molecule has 1 aliphatic heterocycles. The summed E-state index contributed by atoms with van der Waals surface area (Å²) in [5.74, 6) is 1.62. The number of rotatable bonds is 0. The predicted molar refractivity (Wildman–Crippen MR) is 94.5 cm³/mol. The van der Waals surface area contributed by atoms with Crippen molar-refractivity contribution in [3.8, 4) is 11.6 Å². The van der Waals surface area contributed by atoms with E-state index in [0.717, 1.165) is 39.3 Å². The molecular formula is C19H13BrN2O. The maximum absolute atomic E-state index is 6.07. The molecule has 0 atom stereocenters. The summed E-state index contributed by atoms with van der Waals surface area (Å²) in [6.07, 6.45) is 0.824. The van der Waals surface area contributed by atoms with Crippen LogP contribution in [0.5, 0.6) is 11.6 Å². The Kier molecular flexibility index (Phi) is 2.62. The van der Waals surface area contributed by atoms with Crippen LogP contribution in [-0.2, 0) is 6.42 Å². The van der Waals surface area contributed by atoms with Gasteiger partial charge in [-0.15, -0.1) is 0 Å². The zero-order valence-electron chi connectivity index (χ0n) is 12.5. The highest BCUT2D eigenvalue weighted by atomic mass is 79.9. The van der Waals surface area contributed by atoms with Gasteiger partial charge in [0, 0.05) is 27.5 Å². The van der Waals surface area contributed by atoms with Crippen LogP contribution >= 0.6 is 15.9 Å². The molecule has 2 aromatic heterocycles. The number of pyridine rings is 1. The number of hydrogen-bond acceptors (Lipinski definition) is 2. The van der Waals surface area contributed by atoms with Crippen LogP contribution in [0.1, 0.15) is 17.0 Å². The molecular weight excluding hydrogens is 352 g/mol. The molecule has 5 rings (SSSR count). The second-order valence-corrected chi connectivity index (χ2v) is 6.84. The van der Waals surface area contributed by atoms with Crippen molar-refractivity contribution in [3.63, 3.8) is 0 Å². The Morgan fingerprint density at radius 2 is 2.00 bits per heavy atom. The van der Waals surface area contributed by atoms with E-state index in [2.05, 4.69) is 63.7 Å². The average molecular weight is 365 g/mol. The van der Waals surface area contributed by atoms with E-state index >= 15 is 0 Å². The van der Waals surface area contributed by atoms with Crippen molar-refractivity contribution in [2.45, 2.75) is 13.3 Å². The fraction of sp³-hybridized carbons (Fsp3) is 0.105. The molecule has 0 N–H and O–H groups in total. The van der Waals surface area contributed by atoms with E-state index in [1.165, 1.54) is 16.6 Å². The lowest BCUT2D eigenvalue weighted by atomic mass is 10.1. The maximum Gasteiger partial charge on any atom is 0.241 e. The Morgan fingerprint density at radius 1 is 1.13 bits per heavy atom. The normalized spacial score (nSPS) is 13.0. The molecule has 0 aliphatic carbocycles. The molecule has 4 aromatic rings. The number of fused-ring (bicyclic) bond motifs is 6. The summed E-state index contributed by atoms with van der Waals surface area (Å²) >= 11 is 3.54. The van der Waals surface area contributed by atoms with E-state index in [4.69, 9.17) is 9.72 Å². The van der Waals surface area contributed by atoms with Crippen LogP contribution in [0.15, 0.2) is 53.0 Å². The summed E-state index contributed by atoms with van der Waals surface area (Å²) in [6.45, 7) is 2.12. The van der Waals surface area contributed by atoms with E-state index in [-0.39, 0.29) is 0 Å². The Morgan fingerprint density at radius 3 is 2.91 bits per heavy atom. The molecule has 0 radical (unpaired) electrons. The molecule has 112 valence electrons. The van der Waals surface area contributed by atoms with Gasteiger partial charge in [0.15, 0.2) is 0 Å². The maximum atomic E-state index is 6.07. The molecule has 4 heteroatoms. The van der Waals surface area contributed by atoms with Gasteiger partial charge >= 0.3 is 0 Å². The lowest BCUT2D eigenvalue weighted by molar-refractivity contribution is 0.442. The highest BCUT2D eigenvalue weighted by Gasteiger charge is 2.24. The number of nitrogens with zero attached hydrogens (tertiary/aromatic N) is 2. The third-order valence-corrected chi connectivity index (χ3v) is 4.94. The van der Waals surface area contributed by atoms with Crippen LogP contribution in [0.3, 0.4) is 0 Å². The standard InChI is InChI=1S/C19H13BrN2O/c1-11-8-12-4-2-3-5-15(12)18-21-19-16(22(11)18)10-13-9-14(20)6-7-17(13)23-19/h2-9H,10H2,1H3. The Bertz CT molecular complexity index is 1100. The fourth-order valence-electron chi connectivity index (χ4n) is 3.42. The van der Waals surface area contributed by atoms with Crippen molar-refractivity contribution in [1.82, 2.24) is 9.38 Å². The molecule has 0 fully saturated rings. The molecule has 23 heavy (non-hydrogen) atoms. The molecule has 0 amide bonds. The molecule has 3 heterocycles. The third-order valence-electron chi connectivity index (χ3n) is 4.44. The van der Waals surface area contributed by atoms with E-state index < -0.39 is 0 Å². The summed E-state index contributed by atoms with van der Waals surface area (Å²) in [5.41, 5.74) is 4.45. The van der Waals surface area contributed by atoms with Crippen LogP contribution in [0.4, 0.5) is 0 Å². The summed E-state index contributed by atoms with van der Waals surface area (Å²) in [6, 6.07) is 16.7. The summed E-state index contributed by atoms with van der Waals surface area (Å²) < 4.78 is 9.36. The van der Waals surface area contributed by atoms with Gasteiger partial charge in [0.2, 0.25) is 5.88 Å². The minimum atomic E-state index is 0.722. The zero-order chi connectivity index (χ0) is 15.6. The van der Waals surface area contributed by atoms with Crippen LogP contribution in [0.2, 0.25) is 0 Å². The van der Waals surface area contributed by atoms with Gasteiger partial charge in [0.1, 0.15) is 11.4 Å². The van der Waals surface area contributed by atoms with Crippen LogP contribution < -0.4 is 4.74 Å². The van der Waals surface area contributed by atoms with Gasteiger partial charge in [0.05, 0.1) is 5.69 Å². The number of aryl methyl sites for hydroxylation is 1. The summed E-state index contributed by atoms with van der Waals surface area (Å²) in [7, 11) is 0. The second kappa shape index (κ2) is 4.59. The lowest BCUT2D eigenvalue weighted by Gasteiger charge is -2.17. The van der Waals surface area contributed by atoms with Crippen molar-refractivity contribution < 1.29 is 4.74 Å². The van der Waals surface area contributed by atoms with Gasteiger partial charge in [-0.25, -0.2) is 0 Å². The molecule has 0 unspecified atom stereocenters. The van der Waals surface area contributed by atoms with E-state index in [0.29, 0.717) is 0 Å². The minimum absolute atomic E-state index is 0.722. The molecule has 0 saturated heterocycles. The predicted octanol–water partition coefficient (Wildman–Crippen LogP) is 5.25. The summed E-state index contributed by atoms with van der Waals surface area (Å²) in [4.78, 5) is 4.79. The summed E-state index contributed by atoms with van der Waals surface area (Å²) in [5, 5.41) is 2.36. The highest BCUT2D eigenvalue weighted by Crippen LogP contribution is 2.39. The first-order valence-corrected chi connectivity index (χ1v) is 8.36. The van der Waals surface area contributed by atoms with Crippen LogP contribution in [0.25, 0.3) is 16.4 Å². The van der Waals surface area contributed by atoms with Gasteiger partial charge in [-0.05, 0) is 36.6 Å². The second-order valence-electron chi connectivity index (χ2n) is 5.93.